The molecule has 0 saturated heterocycles. The molecule has 1 aliphatic carbocycles. The van der Waals surface area contributed by atoms with E-state index in [1.54, 1.807) is 12.1 Å². The highest BCUT2D eigenvalue weighted by atomic mass is 16.5. The second-order valence-electron chi connectivity index (χ2n) is 7.04. The van der Waals surface area contributed by atoms with Crippen molar-refractivity contribution in [3.63, 3.8) is 0 Å². The Kier molecular flexibility index (Phi) is 4.99. The maximum atomic E-state index is 12.1. The number of aldehydes is 1. The van der Waals surface area contributed by atoms with Gasteiger partial charge in [-0.05, 0) is 49.9 Å². The summed E-state index contributed by atoms with van der Waals surface area (Å²) in [5.41, 5.74) is 13.5. The number of anilines is 2. The standard InChI is InChI=1S/C21H21N5O3/c22-18-19(23)25-20(26-21(18)28)15-7-6-13(16-8-5-12(11-27)10-24-16)9-17(15)29-14-3-1-2-4-14/h5-11,14H,1-4,22H2,(H3,23,25,26,28). The number of carbonyl (C=O) groups is 1. The zero-order valence-corrected chi connectivity index (χ0v) is 15.7. The Bertz CT molecular complexity index is 1100. The fraction of sp³-hybridized carbons (Fsp3) is 0.238. The number of ether oxygens (including phenoxy) is 1. The summed E-state index contributed by atoms with van der Waals surface area (Å²) in [6.45, 7) is 0. The summed E-state index contributed by atoms with van der Waals surface area (Å²) in [6, 6.07) is 9.01. The number of carbonyl (C=O) groups excluding carboxylic acids is 1. The number of H-pyrrole nitrogens is 1. The molecule has 3 aromatic rings. The van der Waals surface area contributed by atoms with E-state index in [0.29, 0.717) is 28.4 Å². The Morgan fingerprint density at radius 2 is 1.93 bits per heavy atom. The van der Waals surface area contributed by atoms with Crippen LogP contribution in [-0.2, 0) is 0 Å². The smallest absolute Gasteiger partial charge is 0.276 e. The summed E-state index contributed by atoms with van der Waals surface area (Å²) in [5, 5.41) is 0. The highest BCUT2D eigenvalue weighted by Gasteiger charge is 2.20. The van der Waals surface area contributed by atoms with Crippen molar-refractivity contribution in [1.82, 2.24) is 15.0 Å². The SMILES string of the molecule is Nc1nc(-c2ccc(-c3ccc(C=O)cn3)cc2OC2CCCC2)[nH]c(=O)c1N. The van der Waals surface area contributed by atoms with E-state index < -0.39 is 5.56 Å². The van der Waals surface area contributed by atoms with Gasteiger partial charge in [-0.2, -0.15) is 0 Å². The van der Waals surface area contributed by atoms with Gasteiger partial charge in [-0.3, -0.25) is 14.6 Å². The van der Waals surface area contributed by atoms with Crippen molar-refractivity contribution < 1.29 is 9.53 Å². The molecule has 148 valence electrons. The monoisotopic (exact) mass is 391 g/mol. The van der Waals surface area contributed by atoms with E-state index >= 15 is 0 Å². The highest BCUT2D eigenvalue weighted by Crippen LogP contribution is 2.35. The summed E-state index contributed by atoms with van der Waals surface area (Å²) in [6.07, 6.45) is 6.58. The predicted octanol–water partition coefficient (Wildman–Crippen LogP) is 2.80. The molecule has 0 radical (unpaired) electrons. The van der Waals surface area contributed by atoms with Gasteiger partial charge in [0.25, 0.3) is 5.56 Å². The van der Waals surface area contributed by atoms with Gasteiger partial charge in [0.15, 0.2) is 12.1 Å². The minimum atomic E-state index is -0.491. The maximum Gasteiger partial charge on any atom is 0.276 e. The van der Waals surface area contributed by atoms with Crippen LogP contribution in [-0.4, -0.2) is 27.3 Å². The third-order valence-corrected chi connectivity index (χ3v) is 5.04. The number of nitrogens with one attached hydrogen (secondary N) is 1. The molecular weight excluding hydrogens is 370 g/mol. The normalized spacial score (nSPS) is 14.1. The topological polar surface area (TPSA) is 137 Å². The Hall–Kier alpha value is -3.68. The maximum absolute atomic E-state index is 12.1. The van der Waals surface area contributed by atoms with Crippen LogP contribution in [0.1, 0.15) is 36.0 Å². The van der Waals surface area contributed by atoms with Crippen LogP contribution >= 0.6 is 0 Å². The van der Waals surface area contributed by atoms with E-state index in [2.05, 4.69) is 15.0 Å². The molecule has 1 aliphatic rings. The molecule has 29 heavy (non-hydrogen) atoms. The minimum Gasteiger partial charge on any atom is -0.490 e. The molecule has 1 aromatic carbocycles. The molecule has 4 rings (SSSR count). The number of pyridine rings is 1. The third-order valence-electron chi connectivity index (χ3n) is 5.04. The van der Waals surface area contributed by atoms with Crippen molar-refractivity contribution in [3.05, 3.63) is 52.4 Å². The van der Waals surface area contributed by atoms with Crippen LogP contribution in [0.5, 0.6) is 5.75 Å². The molecular formula is C21H21N5O3. The van der Waals surface area contributed by atoms with E-state index in [4.69, 9.17) is 16.2 Å². The van der Waals surface area contributed by atoms with Gasteiger partial charge in [-0.25, -0.2) is 4.98 Å². The molecule has 0 bridgehead atoms. The molecule has 8 nitrogen and oxygen atoms in total. The number of benzene rings is 1. The summed E-state index contributed by atoms with van der Waals surface area (Å²) >= 11 is 0. The minimum absolute atomic E-state index is 0.0224. The van der Waals surface area contributed by atoms with Crippen molar-refractivity contribution in [2.75, 3.05) is 11.5 Å². The Balaban J connectivity index is 1.79. The fourth-order valence-electron chi connectivity index (χ4n) is 3.43. The van der Waals surface area contributed by atoms with Crippen molar-refractivity contribution >= 4 is 17.8 Å². The van der Waals surface area contributed by atoms with Gasteiger partial charge < -0.3 is 21.2 Å². The van der Waals surface area contributed by atoms with Crippen LogP contribution < -0.4 is 21.8 Å². The quantitative estimate of drug-likeness (QED) is 0.569. The molecule has 1 fully saturated rings. The second kappa shape index (κ2) is 7.75. The van der Waals surface area contributed by atoms with Crippen LogP contribution in [0.15, 0.2) is 41.3 Å². The molecule has 8 heteroatoms. The number of hydrogen-bond donors (Lipinski definition) is 3. The van der Waals surface area contributed by atoms with Crippen molar-refractivity contribution in [1.29, 1.82) is 0 Å². The van der Waals surface area contributed by atoms with E-state index in [1.807, 2.05) is 18.2 Å². The van der Waals surface area contributed by atoms with Crippen molar-refractivity contribution in [3.8, 4) is 28.4 Å². The van der Waals surface area contributed by atoms with Gasteiger partial charge >= 0.3 is 0 Å². The average Bonchev–Trinajstić information content (AvgIpc) is 3.25. The molecule has 0 spiro atoms. The van der Waals surface area contributed by atoms with Crippen LogP contribution in [0.4, 0.5) is 11.5 Å². The lowest BCUT2D eigenvalue weighted by Gasteiger charge is -2.17. The van der Waals surface area contributed by atoms with Crippen LogP contribution in [0, 0.1) is 0 Å². The number of rotatable bonds is 5. The number of nitrogens with zero attached hydrogens (tertiary/aromatic N) is 2. The third kappa shape index (κ3) is 3.82. The number of aromatic nitrogens is 3. The second-order valence-corrected chi connectivity index (χ2v) is 7.04. The van der Waals surface area contributed by atoms with Crippen molar-refractivity contribution in [2.45, 2.75) is 31.8 Å². The average molecular weight is 391 g/mol. The largest absolute Gasteiger partial charge is 0.490 e. The summed E-state index contributed by atoms with van der Waals surface area (Å²) < 4.78 is 6.26. The highest BCUT2D eigenvalue weighted by molar-refractivity contribution is 5.76. The summed E-state index contributed by atoms with van der Waals surface area (Å²) in [4.78, 5) is 34.2. The predicted molar refractivity (Wildman–Crippen MR) is 111 cm³/mol. The summed E-state index contributed by atoms with van der Waals surface area (Å²) in [7, 11) is 0. The first-order valence-electron chi connectivity index (χ1n) is 9.43. The van der Waals surface area contributed by atoms with Gasteiger partial charge in [0.2, 0.25) is 0 Å². The molecule has 5 N–H and O–H groups in total. The van der Waals surface area contributed by atoms with Crippen LogP contribution in [0.3, 0.4) is 0 Å². The Morgan fingerprint density at radius 3 is 2.59 bits per heavy atom. The van der Waals surface area contributed by atoms with E-state index in [0.717, 1.165) is 37.5 Å². The lowest BCUT2D eigenvalue weighted by atomic mass is 10.1. The molecule has 2 heterocycles. The Morgan fingerprint density at radius 1 is 1.14 bits per heavy atom. The number of nitrogens with two attached hydrogens (primary N) is 2. The Labute approximate surface area is 167 Å². The number of hydrogen-bond acceptors (Lipinski definition) is 7. The van der Waals surface area contributed by atoms with Gasteiger partial charge in [0, 0.05) is 17.3 Å². The first-order valence-corrected chi connectivity index (χ1v) is 9.43. The van der Waals surface area contributed by atoms with E-state index in [1.165, 1.54) is 6.20 Å². The first kappa shape index (κ1) is 18.7. The molecule has 0 amide bonds. The van der Waals surface area contributed by atoms with Crippen molar-refractivity contribution in [2.24, 2.45) is 0 Å². The lowest BCUT2D eigenvalue weighted by Crippen LogP contribution is -2.18. The van der Waals surface area contributed by atoms with E-state index in [-0.39, 0.29) is 17.6 Å². The van der Waals surface area contributed by atoms with Gasteiger partial charge in [-0.1, -0.05) is 6.07 Å². The fourth-order valence-corrected chi connectivity index (χ4v) is 3.43. The van der Waals surface area contributed by atoms with Crippen LogP contribution in [0.25, 0.3) is 22.6 Å². The number of aromatic amines is 1. The van der Waals surface area contributed by atoms with Gasteiger partial charge in [0.1, 0.15) is 17.3 Å². The molecule has 1 saturated carbocycles. The molecule has 0 atom stereocenters. The van der Waals surface area contributed by atoms with Gasteiger partial charge in [-0.15, -0.1) is 0 Å². The lowest BCUT2D eigenvalue weighted by molar-refractivity contribution is 0.112. The zero-order chi connectivity index (χ0) is 20.4. The number of nitrogen functional groups attached to an aromatic ring is 2. The molecule has 0 unspecified atom stereocenters. The van der Waals surface area contributed by atoms with Gasteiger partial charge in [0.05, 0.1) is 17.4 Å². The first-order chi connectivity index (χ1) is 14.0. The zero-order valence-electron chi connectivity index (χ0n) is 15.7. The molecule has 0 aliphatic heterocycles. The summed E-state index contributed by atoms with van der Waals surface area (Å²) in [5.74, 6) is 0.860. The van der Waals surface area contributed by atoms with E-state index in [9.17, 15) is 9.59 Å². The van der Waals surface area contributed by atoms with Crippen LogP contribution in [0.2, 0.25) is 0 Å². The molecule has 2 aromatic heterocycles.